The first kappa shape index (κ1) is 8.19. The van der Waals surface area contributed by atoms with Gasteiger partial charge in [-0.05, 0) is 25.3 Å². The van der Waals surface area contributed by atoms with Crippen molar-refractivity contribution < 1.29 is 24.5 Å². The molecule has 1 aromatic carbocycles. The summed E-state index contributed by atoms with van der Waals surface area (Å²) in [6.45, 7) is 7.19. The number of benzene rings is 1. The Hall–Kier alpha value is -2.14. The van der Waals surface area contributed by atoms with Crippen molar-refractivity contribution in [1.82, 2.24) is 0 Å². The van der Waals surface area contributed by atoms with Crippen LogP contribution >= 0.6 is 0 Å². The van der Waals surface area contributed by atoms with Crippen molar-refractivity contribution in [2.45, 2.75) is 0 Å². The molecule has 0 saturated carbocycles. The number of quaternary nitrogens is 1. The quantitative estimate of drug-likeness (QED) is 0.608. The monoisotopic (exact) mass is 206 g/mol. The Labute approximate surface area is 85.7 Å². The standard InChI is InChI=1S/C10H8NO4/c1-7-8(2)13-11(12-7)14-9-5-3-4-6-10(9)15-11/h3-6H,1-2H2/q+1. The number of hydrogen-bond acceptors (Lipinski definition) is 4. The molecular weight excluding hydrogens is 198 g/mol. The van der Waals surface area contributed by atoms with Crippen LogP contribution in [0.4, 0.5) is 0 Å². The van der Waals surface area contributed by atoms with Crippen LogP contribution in [0, 0.1) is 0 Å². The van der Waals surface area contributed by atoms with Crippen LogP contribution in [0.2, 0.25) is 0 Å². The molecule has 15 heavy (non-hydrogen) atoms. The van der Waals surface area contributed by atoms with Crippen LogP contribution in [-0.2, 0) is 9.68 Å². The second kappa shape index (κ2) is 2.46. The number of para-hydroxylation sites is 2. The molecule has 1 fully saturated rings. The van der Waals surface area contributed by atoms with E-state index in [2.05, 4.69) is 13.2 Å². The Balaban J connectivity index is 1.96. The fourth-order valence-electron chi connectivity index (χ4n) is 1.33. The van der Waals surface area contributed by atoms with Crippen molar-refractivity contribution in [2.24, 2.45) is 0 Å². The van der Waals surface area contributed by atoms with E-state index in [1.807, 2.05) is 12.1 Å². The largest absolute Gasteiger partial charge is 0.429 e. The number of nitrogens with zero attached hydrogens (tertiary/aromatic N) is 1. The molecule has 0 unspecified atom stereocenters. The molecule has 0 atom stereocenters. The molecule has 5 heteroatoms. The highest BCUT2D eigenvalue weighted by Crippen LogP contribution is 2.43. The smallest absolute Gasteiger partial charge is 0.178 e. The molecule has 76 valence electrons. The van der Waals surface area contributed by atoms with Crippen LogP contribution in [-0.4, -0.2) is 5.14 Å². The third-order valence-corrected chi connectivity index (χ3v) is 2.02. The minimum absolute atomic E-state index is 0.280. The topological polar surface area (TPSA) is 36.9 Å². The van der Waals surface area contributed by atoms with Gasteiger partial charge in [-0.1, -0.05) is 12.1 Å². The highest BCUT2D eigenvalue weighted by molar-refractivity contribution is 5.39. The summed E-state index contributed by atoms with van der Waals surface area (Å²) in [5.74, 6) is 1.64. The molecule has 0 bridgehead atoms. The Morgan fingerprint density at radius 3 is 1.73 bits per heavy atom. The summed E-state index contributed by atoms with van der Waals surface area (Å²) in [5.41, 5.74) is 0. The maximum Gasteiger partial charge on any atom is 0.429 e. The molecule has 2 heterocycles. The van der Waals surface area contributed by atoms with Crippen LogP contribution in [0.3, 0.4) is 0 Å². The van der Waals surface area contributed by atoms with Crippen molar-refractivity contribution in [3.63, 3.8) is 0 Å². The molecule has 1 aromatic rings. The van der Waals surface area contributed by atoms with Gasteiger partial charge in [0.2, 0.25) is 11.5 Å². The third-order valence-electron chi connectivity index (χ3n) is 2.02. The van der Waals surface area contributed by atoms with Crippen molar-refractivity contribution in [3.05, 3.63) is 48.9 Å². The minimum Gasteiger partial charge on any atom is -0.178 e. The van der Waals surface area contributed by atoms with Crippen molar-refractivity contribution in [3.8, 4) is 11.5 Å². The lowest BCUT2D eigenvalue weighted by Crippen LogP contribution is -2.44. The summed E-state index contributed by atoms with van der Waals surface area (Å²) in [4.78, 5) is 21.1. The number of rotatable bonds is 0. The van der Waals surface area contributed by atoms with Crippen LogP contribution in [0.25, 0.3) is 0 Å². The van der Waals surface area contributed by atoms with Gasteiger partial charge in [0.15, 0.2) is 0 Å². The molecule has 1 spiro atoms. The highest BCUT2D eigenvalue weighted by Gasteiger charge is 2.57. The highest BCUT2D eigenvalue weighted by atomic mass is 17.4. The third kappa shape index (κ3) is 1.07. The molecule has 0 aliphatic carbocycles. The molecule has 2 aliphatic heterocycles. The van der Waals surface area contributed by atoms with Gasteiger partial charge < -0.3 is 0 Å². The Morgan fingerprint density at radius 1 is 0.800 bits per heavy atom. The van der Waals surface area contributed by atoms with Crippen molar-refractivity contribution in [2.75, 3.05) is 0 Å². The Morgan fingerprint density at radius 2 is 1.27 bits per heavy atom. The van der Waals surface area contributed by atoms with E-state index in [-0.39, 0.29) is 11.5 Å². The summed E-state index contributed by atoms with van der Waals surface area (Å²) >= 11 is 0. The normalized spacial score (nSPS) is 20.3. The first-order valence-electron chi connectivity index (χ1n) is 4.33. The fourth-order valence-corrected chi connectivity index (χ4v) is 1.33. The molecule has 2 aliphatic rings. The van der Waals surface area contributed by atoms with Gasteiger partial charge in [-0.3, -0.25) is 0 Å². The molecule has 0 aromatic heterocycles. The van der Waals surface area contributed by atoms with Crippen LogP contribution in [0.5, 0.6) is 11.5 Å². The Kier molecular flexibility index (Phi) is 1.34. The predicted octanol–water partition coefficient (Wildman–Crippen LogP) is 2.01. The van der Waals surface area contributed by atoms with Gasteiger partial charge >= 0.3 is 5.14 Å². The summed E-state index contributed by atoms with van der Waals surface area (Å²) in [7, 11) is 0. The summed E-state index contributed by atoms with van der Waals surface area (Å²) in [5, 5.41) is -0.864. The lowest BCUT2D eigenvalue weighted by atomic mass is 10.3. The van der Waals surface area contributed by atoms with Crippen molar-refractivity contribution >= 4 is 0 Å². The first-order valence-corrected chi connectivity index (χ1v) is 4.33. The fraction of sp³-hybridized carbons (Fsp3) is 0. The maximum atomic E-state index is 5.35. The van der Waals surface area contributed by atoms with Gasteiger partial charge in [0.25, 0.3) is 11.5 Å². The van der Waals surface area contributed by atoms with Gasteiger partial charge in [0.05, 0.1) is 0 Å². The zero-order valence-electron chi connectivity index (χ0n) is 7.80. The zero-order valence-corrected chi connectivity index (χ0v) is 7.80. The van der Waals surface area contributed by atoms with Gasteiger partial charge in [-0.15, -0.1) is 0 Å². The number of fused-ring (bicyclic) bond motifs is 1. The van der Waals surface area contributed by atoms with E-state index in [9.17, 15) is 0 Å². The second-order valence-electron chi connectivity index (χ2n) is 3.11. The molecule has 0 radical (unpaired) electrons. The molecule has 1 saturated heterocycles. The van der Waals surface area contributed by atoms with E-state index >= 15 is 0 Å². The summed E-state index contributed by atoms with van der Waals surface area (Å²) < 4.78 is 0. The van der Waals surface area contributed by atoms with E-state index < -0.39 is 5.14 Å². The zero-order chi connectivity index (χ0) is 10.5. The molecule has 0 N–H and O–H groups in total. The van der Waals surface area contributed by atoms with Crippen LogP contribution in [0.15, 0.2) is 48.9 Å². The second-order valence-corrected chi connectivity index (χ2v) is 3.11. The summed E-state index contributed by atoms with van der Waals surface area (Å²) in [6.07, 6.45) is 0. The molecule has 3 rings (SSSR count). The maximum absolute atomic E-state index is 5.35. The van der Waals surface area contributed by atoms with E-state index in [1.54, 1.807) is 12.1 Å². The minimum atomic E-state index is -0.864. The van der Waals surface area contributed by atoms with Gasteiger partial charge in [0.1, 0.15) is 0 Å². The van der Waals surface area contributed by atoms with Gasteiger partial charge in [-0.25, -0.2) is 0 Å². The Bertz CT molecular complexity index is 425. The lowest BCUT2D eigenvalue weighted by molar-refractivity contribution is -1.42. The SMILES string of the molecule is C=C1O[N+]2(OC1=C)Oc1ccccc1O2. The lowest BCUT2D eigenvalue weighted by Gasteiger charge is -2.10. The van der Waals surface area contributed by atoms with Crippen LogP contribution < -0.4 is 9.68 Å². The summed E-state index contributed by atoms with van der Waals surface area (Å²) in [6, 6.07) is 7.14. The average Bonchev–Trinajstić information content (AvgIpc) is 2.66. The van der Waals surface area contributed by atoms with E-state index in [0.29, 0.717) is 11.5 Å². The predicted molar refractivity (Wildman–Crippen MR) is 48.4 cm³/mol. The first-order chi connectivity index (χ1) is 7.19. The molecule has 0 amide bonds. The van der Waals surface area contributed by atoms with Crippen LogP contribution in [0.1, 0.15) is 0 Å². The molecule has 5 nitrogen and oxygen atoms in total. The van der Waals surface area contributed by atoms with E-state index in [1.165, 1.54) is 0 Å². The van der Waals surface area contributed by atoms with Gasteiger partial charge in [-0.2, -0.15) is 19.4 Å². The van der Waals surface area contributed by atoms with Gasteiger partial charge in [0, 0.05) is 0 Å². The van der Waals surface area contributed by atoms with E-state index in [4.69, 9.17) is 19.4 Å². The van der Waals surface area contributed by atoms with Crippen molar-refractivity contribution in [1.29, 1.82) is 0 Å². The average molecular weight is 206 g/mol. The number of hydrogen-bond donors (Lipinski definition) is 0. The van der Waals surface area contributed by atoms with E-state index in [0.717, 1.165) is 0 Å². The molecular formula is C10H8NO4+.